The molecule has 0 atom stereocenters. The van der Waals surface area contributed by atoms with Crippen LogP contribution in [-0.2, 0) is 0 Å². The van der Waals surface area contributed by atoms with E-state index in [1.54, 1.807) is 0 Å². The van der Waals surface area contributed by atoms with Crippen LogP contribution in [0.4, 0.5) is 19.3 Å². The van der Waals surface area contributed by atoms with Gasteiger partial charge in [0.25, 0.3) is 0 Å². The van der Waals surface area contributed by atoms with Gasteiger partial charge in [-0.3, -0.25) is 9.89 Å². The summed E-state index contributed by atoms with van der Waals surface area (Å²) in [5.41, 5.74) is 4.95. The minimum Gasteiger partial charge on any atom is -0.369 e. The Morgan fingerprint density at radius 1 is 1.39 bits per heavy atom. The zero-order valence-corrected chi connectivity index (χ0v) is 10.0. The van der Waals surface area contributed by atoms with E-state index in [4.69, 9.17) is 5.73 Å². The molecule has 0 saturated heterocycles. The number of hydrogen-bond donors (Lipinski definition) is 2. The predicted octanol–water partition coefficient (Wildman–Crippen LogP) is 1.55. The number of anilines is 1. The molecule has 1 aliphatic heterocycles. The first-order valence-corrected chi connectivity index (χ1v) is 4.92. The Balaban J connectivity index is 0.00000162. The third-order valence-corrected chi connectivity index (χ3v) is 2.31. The quantitative estimate of drug-likeness (QED) is 0.817. The minimum atomic E-state index is -0.840. The Morgan fingerprint density at radius 2 is 2.00 bits per heavy atom. The maximum atomic E-state index is 13.3. The van der Waals surface area contributed by atoms with E-state index in [1.165, 1.54) is 6.07 Å². The summed E-state index contributed by atoms with van der Waals surface area (Å²) in [6, 6.07) is 2.62. The molecular weight excluding hydrogens is 266 g/mol. The zero-order chi connectivity index (χ0) is 12.4. The standard InChI is InChI=1S/C10H10F2N4O.ClH/c11-6-2-1-3-7(12)8(6)15-10(17)16-5-4-14-9(16)13;/h1-3H,4-5H2,(H2,13,14)(H,15,17);1H. The summed E-state index contributed by atoms with van der Waals surface area (Å²) < 4.78 is 26.5. The van der Waals surface area contributed by atoms with Gasteiger partial charge in [-0.05, 0) is 12.1 Å². The van der Waals surface area contributed by atoms with Gasteiger partial charge in [0.1, 0.15) is 17.3 Å². The van der Waals surface area contributed by atoms with Gasteiger partial charge in [0.15, 0.2) is 5.96 Å². The molecule has 2 rings (SSSR count). The normalized spacial score (nSPS) is 13.9. The largest absolute Gasteiger partial charge is 0.369 e. The third-order valence-electron chi connectivity index (χ3n) is 2.31. The fourth-order valence-corrected chi connectivity index (χ4v) is 1.46. The van der Waals surface area contributed by atoms with Crippen molar-refractivity contribution in [2.24, 2.45) is 10.7 Å². The smallest absolute Gasteiger partial charge is 0.328 e. The molecule has 0 saturated carbocycles. The van der Waals surface area contributed by atoms with Crippen molar-refractivity contribution < 1.29 is 13.6 Å². The number of hydrogen-bond acceptors (Lipinski definition) is 3. The summed E-state index contributed by atoms with van der Waals surface area (Å²) in [4.78, 5) is 16.6. The molecule has 1 aromatic rings. The number of carbonyl (C=O) groups is 1. The number of amides is 2. The lowest BCUT2D eigenvalue weighted by Crippen LogP contribution is -2.41. The highest BCUT2D eigenvalue weighted by atomic mass is 35.5. The molecule has 0 radical (unpaired) electrons. The number of guanidine groups is 1. The van der Waals surface area contributed by atoms with Crippen molar-refractivity contribution in [3.05, 3.63) is 29.8 Å². The number of rotatable bonds is 1. The van der Waals surface area contributed by atoms with Crippen LogP contribution in [0.15, 0.2) is 23.2 Å². The van der Waals surface area contributed by atoms with E-state index >= 15 is 0 Å². The van der Waals surface area contributed by atoms with Gasteiger partial charge in [-0.25, -0.2) is 13.6 Å². The fourth-order valence-electron chi connectivity index (χ4n) is 1.46. The predicted molar refractivity (Wildman–Crippen MR) is 65.8 cm³/mol. The Hall–Kier alpha value is -1.89. The molecule has 8 heteroatoms. The number of nitrogens with zero attached hydrogens (tertiary/aromatic N) is 2. The molecule has 2 amide bonds. The molecule has 5 nitrogen and oxygen atoms in total. The van der Waals surface area contributed by atoms with Gasteiger partial charge < -0.3 is 11.1 Å². The maximum Gasteiger partial charge on any atom is 0.328 e. The number of para-hydroxylation sites is 1. The van der Waals surface area contributed by atoms with Gasteiger partial charge in [0.2, 0.25) is 0 Å². The number of nitrogens with one attached hydrogen (secondary N) is 1. The molecular formula is C10H11ClF2N4O. The first-order valence-electron chi connectivity index (χ1n) is 4.92. The highest BCUT2D eigenvalue weighted by Crippen LogP contribution is 2.18. The molecule has 0 fully saturated rings. The Labute approximate surface area is 108 Å². The molecule has 1 aromatic carbocycles. The first-order chi connectivity index (χ1) is 8.09. The van der Waals surface area contributed by atoms with E-state index < -0.39 is 23.4 Å². The lowest BCUT2D eigenvalue weighted by atomic mass is 10.3. The van der Waals surface area contributed by atoms with Crippen molar-refractivity contribution in [2.45, 2.75) is 0 Å². The van der Waals surface area contributed by atoms with Crippen LogP contribution in [0, 0.1) is 11.6 Å². The van der Waals surface area contributed by atoms with Gasteiger partial charge in [-0.2, -0.15) is 0 Å². The number of aliphatic imine (C=N–C) groups is 1. The topological polar surface area (TPSA) is 70.7 Å². The van der Waals surface area contributed by atoms with Crippen LogP contribution >= 0.6 is 12.4 Å². The molecule has 98 valence electrons. The van der Waals surface area contributed by atoms with Crippen molar-refractivity contribution in [3.63, 3.8) is 0 Å². The third kappa shape index (κ3) is 2.67. The number of urea groups is 1. The molecule has 3 N–H and O–H groups in total. The number of benzene rings is 1. The van der Waals surface area contributed by atoms with Crippen LogP contribution in [0.2, 0.25) is 0 Å². The number of carbonyl (C=O) groups excluding carboxylic acids is 1. The van der Waals surface area contributed by atoms with Crippen LogP contribution in [0.3, 0.4) is 0 Å². The Morgan fingerprint density at radius 3 is 2.50 bits per heavy atom. The second kappa shape index (κ2) is 5.63. The van der Waals surface area contributed by atoms with Gasteiger partial charge >= 0.3 is 6.03 Å². The van der Waals surface area contributed by atoms with Crippen LogP contribution < -0.4 is 11.1 Å². The highest BCUT2D eigenvalue weighted by molar-refractivity contribution is 6.02. The van der Waals surface area contributed by atoms with E-state index in [2.05, 4.69) is 10.3 Å². The van der Waals surface area contributed by atoms with Crippen LogP contribution in [0.1, 0.15) is 0 Å². The maximum absolute atomic E-state index is 13.3. The zero-order valence-electron chi connectivity index (χ0n) is 9.19. The summed E-state index contributed by atoms with van der Waals surface area (Å²) in [7, 11) is 0. The summed E-state index contributed by atoms with van der Waals surface area (Å²) in [5.74, 6) is -1.64. The van der Waals surface area contributed by atoms with Crippen molar-refractivity contribution in [2.75, 3.05) is 18.4 Å². The highest BCUT2D eigenvalue weighted by Gasteiger charge is 2.23. The average molecular weight is 277 g/mol. The van der Waals surface area contributed by atoms with Crippen molar-refractivity contribution in [3.8, 4) is 0 Å². The molecule has 1 aliphatic rings. The summed E-state index contributed by atoms with van der Waals surface area (Å²) in [5, 5.41) is 2.13. The van der Waals surface area contributed by atoms with Gasteiger partial charge in [-0.1, -0.05) is 6.07 Å². The minimum absolute atomic E-state index is 0. The molecule has 1 heterocycles. The lowest BCUT2D eigenvalue weighted by Gasteiger charge is -2.16. The monoisotopic (exact) mass is 276 g/mol. The molecule has 18 heavy (non-hydrogen) atoms. The van der Waals surface area contributed by atoms with Gasteiger partial charge in [-0.15, -0.1) is 12.4 Å². The first kappa shape index (κ1) is 14.2. The molecule has 0 spiro atoms. The number of halogens is 3. The van der Waals surface area contributed by atoms with Crippen molar-refractivity contribution in [1.29, 1.82) is 0 Å². The van der Waals surface area contributed by atoms with Crippen LogP contribution in [0.25, 0.3) is 0 Å². The summed E-state index contributed by atoms with van der Waals surface area (Å²) in [6.45, 7) is 0.687. The number of nitrogens with two attached hydrogens (primary N) is 1. The van der Waals surface area contributed by atoms with Crippen LogP contribution in [-0.4, -0.2) is 30.0 Å². The fraction of sp³-hybridized carbons (Fsp3) is 0.200. The Kier molecular flexibility index (Phi) is 4.43. The second-order valence-electron chi connectivity index (χ2n) is 3.42. The molecule has 0 unspecified atom stereocenters. The molecule has 0 bridgehead atoms. The molecule has 0 aliphatic carbocycles. The summed E-state index contributed by atoms with van der Waals surface area (Å²) in [6.07, 6.45) is 0. The van der Waals surface area contributed by atoms with E-state index in [0.29, 0.717) is 13.1 Å². The van der Waals surface area contributed by atoms with E-state index in [-0.39, 0.29) is 18.4 Å². The SMILES string of the molecule is Cl.NC1=NCCN1C(=O)Nc1c(F)cccc1F. The van der Waals surface area contributed by atoms with Crippen LogP contribution in [0.5, 0.6) is 0 Å². The van der Waals surface area contributed by atoms with E-state index in [9.17, 15) is 13.6 Å². The van der Waals surface area contributed by atoms with E-state index in [0.717, 1.165) is 17.0 Å². The van der Waals surface area contributed by atoms with Gasteiger partial charge in [0.05, 0.1) is 13.1 Å². The van der Waals surface area contributed by atoms with E-state index in [1.807, 2.05) is 0 Å². The van der Waals surface area contributed by atoms with Crippen molar-refractivity contribution >= 4 is 30.1 Å². The average Bonchev–Trinajstić information content (AvgIpc) is 2.70. The van der Waals surface area contributed by atoms with Crippen molar-refractivity contribution in [1.82, 2.24) is 4.90 Å². The second-order valence-corrected chi connectivity index (χ2v) is 3.42. The van der Waals surface area contributed by atoms with Gasteiger partial charge in [0, 0.05) is 0 Å². The molecule has 0 aromatic heterocycles. The summed E-state index contributed by atoms with van der Waals surface area (Å²) >= 11 is 0. The Bertz CT molecular complexity index is 475. The lowest BCUT2D eigenvalue weighted by molar-refractivity contribution is 0.235.